The van der Waals surface area contributed by atoms with Crippen LogP contribution in [0.1, 0.15) is 87.0 Å². The van der Waals surface area contributed by atoms with E-state index in [0.29, 0.717) is 0 Å². The van der Waals surface area contributed by atoms with Crippen molar-refractivity contribution in [1.29, 1.82) is 0 Å². The van der Waals surface area contributed by atoms with Crippen molar-refractivity contribution in [2.24, 2.45) is 0 Å². The summed E-state index contributed by atoms with van der Waals surface area (Å²) in [5.41, 5.74) is -1.64. The fourth-order valence-corrected chi connectivity index (χ4v) is 3.26. The predicted molar refractivity (Wildman–Crippen MR) is 132 cm³/mol. The molecule has 0 saturated carbocycles. The topological polar surface area (TPSA) is 65.1 Å². The van der Waals surface area contributed by atoms with Gasteiger partial charge >= 0.3 is 12.1 Å². The molecule has 184 valence electrons. The number of amides is 1. The van der Waals surface area contributed by atoms with Crippen LogP contribution >= 0.6 is 0 Å². The highest BCUT2D eigenvalue weighted by Gasteiger charge is 2.49. The summed E-state index contributed by atoms with van der Waals surface area (Å²) in [6.45, 7) is 12.5. The molecule has 1 rings (SSSR count). The second-order valence-corrected chi connectivity index (χ2v) is 9.44. The molecule has 1 heterocycles. The number of nitrogens with zero attached hydrogens (tertiary/aromatic N) is 1. The molecular formula is C28H37NO5. The lowest BCUT2D eigenvalue weighted by molar-refractivity contribution is -0.146. The highest BCUT2D eigenvalue weighted by Crippen LogP contribution is 2.31. The standard InChI is InChI=1S/C28H37NO5/c1-8-9-10-11-12-13-14-15-16-17-18-19-20-21-25(33-23(2)30)24-22-32-28(6,7)29(24)26(31)34-27(3,4)5/h24-25H,8-13,22H2,1-7H3/t24-,25+/m0/s1. The minimum atomic E-state index is -0.946. The average Bonchev–Trinajstić information content (AvgIpc) is 3.04. The Balaban J connectivity index is 2.85. The maximum atomic E-state index is 12.8. The van der Waals surface area contributed by atoms with E-state index in [4.69, 9.17) is 14.2 Å². The summed E-state index contributed by atoms with van der Waals surface area (Å²) in [7, 11) is 0. The number of carbonyl (C=O) groups excluding carboxylic acids is 2. The van der Waals surface area contributed by atoms with Crippen LogP contribution in [0.2, 0.25) is 0 Å². The molecule has 6 heteroatoms. The first-order chi connectivity index (χ1) is 16.0. The zero-order valence-corrected chi connectivity index (χ0v) is 21.6. The van der Waals surface area contributed by atoms with Gasteiger partial charge in [0.15, 0.2) is 6.10 Å². The summed E-state index contributed by atoms with van der Waals surface area (Å²) < 4.78 is 16.7. The largest absolute Gasteiger partial charge is 0.447 e. The molecular weight excluding hydrogens is 430 g/mol. The summed E-state index contributed by atoms with van der Waals surface area (Å²) in [6, 6.07) is -0.641. The molecule has 1 amide bonds. The van der Waals surface area contributed by atoms with Crippen LogP contribution in [0, 0.1) is 47.4 Å². The number of ether oxygens (including phenoxy) is 3. The van der Waals surface area contributed by atoms with Gasteiger partial charge in [0, 0.05) is 13.3 Å². The molecule has 1 aliphatic heterocycles. The SMILES string of the molecule is CCCCCCCC#CC#CC#CC#C[C@@H](OC(C)=O)[C@@H]1COC(C)(C)N1C(=O)OC(C)(C)C. The molecule has 0 spiro atoms. The number of unbranched alkanes of at least 4 members (excludes halogenated alkanes) is 5. The van der Waals surface area contributed by atoms with Gasteiger partial charge in [0.25, 0.3) is 0 Å². The molecule has 1 aliphatic rings. The molecule has 0 bridgehead atoms. The molecule has 1 fully saturated rings. The van der Waals surface area contributed by atoms with Gasteiger partial charge in [-0.05, 0) is 82.5 Å². The maximum Gasteiger partial charge on any atom is 0.413 e. The Kier molecular flexibility index (Phi) is 12.1. The summed E-state index contributed by atoms with van der Waals surface area (Å²) in [6.07, 6.45) is 5.38. The van der Waals surface area contributed by atoms with Gasteiger partial charge < -0.3 is 14.2 Å². The van der Waals surface area contributed by atoms with Gasteiger partial charge in [-0.1, -0.05) is 38.5 Å². The number of hydrogen-bond donors (Lipinski definition) is 0. The van der Waals surface area contributed by atoms with Crippen LogP contribution in [0.5, 0.6) is 0 Å². The van der Waals surface area contributed by atoms with Crippen molar-refractivity contribution in [2.75, 3.05) is 6.61 Å². The van der Waals surface area contributed by atoms with Crippen LogP contribution in [0.4, 0.5) is 4.79 Å². The monoisotopic (exact) mass is 467 g/mol. The quantitative estimate of drug-likeness (QED) is 0.309. The number of esters is 1. The van der Waals surface area contributed by atoms with Gasteiger partial charge in [0.1, 0.15) is 17.4 Å². The van der Waals surface area contributed by atoms with Crippen LogP contribution in [-0.2, 0) is 19.0 Å². The Bertz CT molecular complexity index is 944. The van der Waals surface area contributed by atoms with Gasteiger partial charge in [-0.25, -0.2) is 4.79 Å². The highest BCUT2D eigenvalue weighted by atomic mass is 16.6. The third kappa shape index (κ3) is 11.2. The minimum Gasteiger partial charge on any atom is -0.447 e. The van der Waals surface area contributed by atoms with Crippen LogP contribution in [-0.4, -0.2) is 47.0 Å². The summed E-state index contributed by atoms with van der Waals surface area (Å²) in [5.74, 6) is 21.3. The lowest BCUT2D eigenvalue weighted by Crippen LogP contribution is -2.53. The van der Waals surface area contributed by atoms with Gasteiger partial charge in [0.05, 0.1) is 6.61 Å². The Morgan fingerprint density at radius 2 is 1.65 bits per heavy atom. The normalized spacial score (nSPS) is 16.8. The van der Waals surface area contributed by atoms with Gasteiger partial charge in [0.2, 0.25) is 0 Å². The van der Waals surface area contributed by atoms with Crippen molar-refractivity contribution < 1.29 is 23.8 Å². The van der Waals surface area contributed by atoms with Gasteiger partial charge in [-0.3, -0.25) is 9.69 Å². The lowest BCUT2D eigenvalue weighted by atomic mass is 10.1. The molecule has 2 atom stereocenters. The molecule has 0 aliphatic carbocycles. The second kappa shape index (κ2) is 14.3. The highest BCUT2D eigenvalue weighted by molar-refractivity contribution is 5.70. The number of hydrogen-bond acceptors (Lipinski definition) is 5. The summed E-state index contributed by atoms with van der Waals surface area (Å²) >= 11 is 0. The lowest BCUT2D eigenvalue weighted by Gasteiger charge is -2.36. The average molecular weight is 468 g/mol. The van der Waals surface area contributed by atoms with E-state index < -0.39 is 35.5 Å². The molecule has 0 aromatic carbocycles. The molecule has 6 nitrogen and oxygen atoms in total. The van der Waals surface area contributed by atoms with Crippen LogP contribution in [0.3, 0.4) is 0 Å². The van der Waals surface area contributed by atoms with Crippen molar-refractivity contribution in [3.05, 3.63) is 0 Å². The van der Waals surface area contributed by atoms with Crippen molar-refractivity contribution in [3.63, 3.8) is 0 Å². The molecule has 0 radical (unpaired) electrons. The fourth-order valence-electron chi connectivity index (χ4n) is 3.26. The first-order valence-electron chi connectivity index (χ1n) is 11.8. The van der Waals surface area contributed by atoms with E-state index in [1.807, 2.05) is 0 Å². The van der Waals surface area contributed by atoms with Crippen LogP contribution in [0.15, 0.2) is 0 Å². The fraction of sp³-hybridized carbons (Fsp3) is 0.643. The molecule has 1 saturated heterocycles. The van der Waals surface area contributed by atoms with Crippen molar-refractivity contribution in [1.82, 2.24) is 4.90 Å². The summed E-state index contributed by atoms with van der Waals surface area (Å²) in [4.78, 5) is 25.9. The Morgan fingerprint density at radius 3 is 2.26 bits per heavy atom. The second-order valence-electron chi connectivity index (χ2n) is 9.44. The van der Waals surface area contributed by atoms with E-state index in [1.165, 1.54) is 37.5 Å². The van der Waals surface area contributed by atoms with E-state index >= 15 is 0 Å². The molecule has 0 unspecified atom stereocenters. The smallest absolute Gasteiger partial charge is 0.413 e. The van der Waals surface area contributed by atoms with E-state index in [0.717, 1.165) is 12.8 Å². The van der Waals surface area contributed by atoms with E-state index in [-0.39, 0.29) is 6.61 Å². The van der Waals surface area contributed by atoms with E-state index in [1.54, 1.807) is 34.6 Å². The van der Waals surface area contributed by atoms with Crippen molar-refractivity contribution >= 4 is 12.1 Å². The number of rotatable bonds is 7. The number of carbonyl (C=O) groups is 2. The van der Waals surface area contributed by atoms with Crippen molar-refractivity contribution in [3.8, 4) is 47.4 Å². The molecule has 0 N–H and O–H groups in total. The third-order valence-corrected chi connectivity index (χ3v) is 4.77. The van der Waals surface area contributed by atoms with E-state index in [2.05, 4.69) is 54.3 Å². The Labute approximate surface area is 205 Å². The van der Waals surface area contributed by atoms with Gasteiger partial charge in [-0.2, -0.15) is 0 Å². The first kappa shape index (κ1) is 29.0. The van der Waals surface area contributed by atoms with Gasteiger partial charge in [-0.15, -0.1) is 0 Å². The predicted octanol–water partition coefficient (Wildman–Crippen LogP) is 4.66. The summed E-state index contributed by atoms with van der Waals surface area (Å²) in [5, 5.41) is 0. The van der Waals surface area contributed by atoms with E-state index in [9.17, 15) is 9.59 Å². The first-order valence-corrected chi connectivity index (χ1v) is 11.8. The molecule has 34 heavy (non-hydrogen) atoms. The molecule has 0 aromatic rings. The third-order valence-electron chi connectivity index (χ3n) is 4.77. The van der Waals surface area contributed by atoms with Crippen molar-refractivity contribution in [2.45, 2.75) is 110 Å². The van der Waals surface area contributed by atoms with Crippen LogP contribution in [0.25, 0.3) is 0 Å². The zero-order chi connectivity index (χ0) is 25.6. The maximum absolute atomic E-state index is 12.8. The van der Waals surface area contributed by atoms with Crippen LogP contribution < -0.4 is 0 Å². The Hall–Kier alpha value is -3.06. The zero-order valence-electron chi connectivity index (χ0n) is 21.6. The molecule has 0 aromatic heterocycles. The minimum absolute atomic E-state index is 0.139. The Morgan fingerprint density at radius 1 is 1.03 bits per heavy atom.